The molecular weight excluding hydrogens is 276 g/mol. The summed E-state index contributed by atoms with van der Waals surface area (Å²) in [5.74, 6) is 4.00. The summed E-state index contributed by atoms with van der Waals surface area (Å²) in [5, 5.41) is 2.81. The van der Waals surface area contributed by atoms with Crippen molar-refractivity contribution in [2.45, 2.75) is 31.6 Å². The predicted octanol–water partition coefficient (Wildman–Crippen LogP) is 3.42. The van der Waals surface area contributed by atoms with Crippen molar-refractivity contribution in [3.63, 3.8) is 0 Å². The van der Waals surface area contributed by atoms with Gasteiger partial charge in [-0.1, -0.05) is 6.07 Å². The van der Waals surface area contributed by atoms with Gasteiger partial charge in [-0.3, -0.25) is 4.79 Å². The van der Waals surface area contributed by atoms with E-state index in [4.69, 9.17) is 4.74 Å². The van der Waals surface area contributed by atoms with Crippen LogP contribution >= 0.6 is 0 Å². The maximum absolute atomic E-state index is 11.5. The van der Waals surface area contributed by atoms with Gasteiger partial charge in [-0.15, -0.1) is 0 Å². The quantitative estimate of drug-likeness (QED) is 0.922. The zero-order valence-corrected chi connectivity index (χ0v) is 12.1. The molecule has 1 aromatic carbocycles. The Hall–Kier alpha value is -2.36. The number of ether oxygens (including phenoxy) is 1. The summed E-state index contributed by atoms with van der Waals surface area (Å²) < 4.78 is 6.11. The first-order valence-corrected chi connectivity index (χ1v) is 7.86. The topological polar surface area (TPSA) is 51.2 Å². The van der Waals surface area contributed by atoms with Crippen LogP contribution in [0.15, 0.2) is 30.5 Å². The number of pyridine rings is 1. The van der Waals surface area contributed by atoms with Gasteiger partial charge in [0.1, 0.15) is 17.3 Å². The normalized spacial score (nSPS) is 24.1. The second kappa shape index (κ2) is 4.32. The number of aromatic nitrogens is 1. The summed E-state index contributed by atoms with van der Waals surface area (Å²) in [6.45, 7) is 0. The number of carbonyl (C=O) groups is 1. The molecule has 22 heavy (non-hydrogen) atoms. The van der Waals surface area contributed by atoms with E-state index in [1.54, 1.807) is 6.20 Å². The van der Waals surface area contributed by atoms with Gasteiger partial charge in [0.05, 0.1) is 0 Å². The van der Waals surface area contributed by atoms with Crippen molar-refractivity contribution in [1.29, 1.82) is 0 Å². The van der Waals surface area contributed by atoms with Gasteiger partial charge in [0, 0.05) is 18.2 Å². The van der Waals surface area contributed by atoms with Gasteiger partial charge in [-0.2, -0.15) is 0 Å². The van der Waals surface area contributed by atoms with Crippen LogP contribution in [0.5, 0.6) is 11.5 Å². The van der Waals surface area contributed by atoms with Crippen molar-refractivity contribution in [3.05, 3.63) is 47.2 Å². The minimum absolute atomic E-state index is 0.0226. The molecule has 2 aromatic rings. The standard InChI is InChI=1S/C18H16N2O2/c21-17-4-3-13-16(5-6-19-18(13)20-17)22-12-2-1-10-7-11-8-14(11)15(10)9-12/h1-2,5-6,9,11,14H,3-4,7-8H2,(H,19,20,21). The molecular formula is C18H16N2O2. The highest BCUT2D eigenvalue weighted by Gasteiger charge is 2.45. The lowest BCUT2D eigenvalue weighted by molar-refractivity contribution is -0.116. The molecule has 0 spiro atoms. The maximum atomic E-state index is 11.5. The smallest absolute Gasteiger partial charge is 0.225 e. The van der Waals surface area contributed by atoms with Crippen molar-refractivity contribution in [3.8, 4) is 11.5 Å². The molecule has 1 N–H and O–H groups in total. The summed E-state index contributed by atoms with van der Waals surface area (Å²) in [6, 6.07) is 8.33. The number of fused-ring (bicyclic) bond motifs is 4. The van der Waals surface area contributed by atoms with Gasteiger partial charge in [0.25, 0.3) is 0 Å². The minimum Gasteiger partial charge on any atom is -0.457 e. The highest BCUT2D eigenvalue weighted by Crippen LogP contribution is 2.56. The second-order valence-corrected chi connectivity index (χ2v) is 6.45. The Labute approximate surface area is 128 Å². The molecule has 5 rings (SSSR count). The van der Waals surface area contributed by atoms with E-state index < -0.39 is 0 Å². The van der Waals surface area contributed by atoms with Crippen molar-refractivity contribution < 1.29 is 9.53 Å². The van der Waals surface area contributed by atoms with Crippen LogP contribution < -0.4 is 10.1 Å². The molecule has 2 aliphatic carbocycles. The van der Waals surface area contributed by atoms with Crippen LogP contribution in [0.1, 0.15) is 35.4 Å². The number of nitrogens with one attached hydrogen (secondary N) is 1. The second-order valence-electron chi connectivity index (χ2n) is 6.45. The first-order valence-electron chi connectivity index (χ1n) is 7.86. The number of hydrogen-bond acceptors (Lipinski definition) is 3. The van der Waals surface area contributed by atoms with Gasteiger partial charge < -0.3 is 10.1 Å². The Morgan fingerprint density at radius 1 is 1.23 bits per heavy atom. The summed E-state index contributed by atoms with van der Waals surface area (Å²) in [5.41, 5.74) is 3.95. The molecule has 110 valence electrons. The van der Waals surface area contributed by atoms with E-state index in [1.807, 2.05) is 6.07 Å². The van der Waals surface area contributed by atoms with E-state index in [2.05, 4.69) is 28.5 Å². The number of anilines is 1. The Kier molecular flexibility index (Phi) is 2.40. The lowest BCUT2D eigenvalue weighted by Crippen LogP contribution is -2.20. The Morgan fingerprint density at radius 3 is 3.14 bits per heavy atom. The number of hydrogen-bond donors (Lipinski definition) is 1. The summed E-state index contributed by atoms with van der Waals surface area (Å²) in [7, 11) is 0. The lowest BCUT2D eigenvalue weighted by atomic mass is 10.0. The van der Waals surface area contributed by atoms with Gasteiger partial charge in [-0.05, 0) is 60.4 Å². The predicted molar refractivity (Wildman–Crippen MR) is 82.3 cm³/mol. The molecule has 0 saturated heterocycles. The molecule has 0 radical (unpaired) electrons. The highest BCUT2D eigenvalue weighted by atomic mass is 16.5. The SMILES string of the molecule is O=C1CCc2c(Oc3ccc4c(c3)C3CC3C4)ccnc2N1. The summed E-state index contributed by atoms with van der Waals surface area (Å²) in [4.78, 5) is 15.7. The number of carbonyl (C=O) groups excluding carboxylic acids is 1. The third-order valence-electron chi connectivity index (χ3n) is 5.02. The molecule has 4 heteroatoms. The molecule has 2 unspecified atom stereocenters. The average Bonchev–Trinajstić information content (AvgIpc) is 3.20. The molecule has 2 heterocycles. The molecule has 2 atom stereocenters. The first-order chi connectivity index (χ1) is 10.8. The van der Waals surface area contributed by atoms with Crippen LogP contribution in [-0.4, -0.2) is 10.9 Å². The molecule has 4 nitrogen and oxygen atoms in total. The van der Waals surface area contributed by atoms with Crippen LogP contribution in [-0.2, 0) is 17.6 Å². The summed E-state index contributed by atoms with van der Waals surface area (Å²) in [6.07, 6.45) is 5.43. The third kappa shape index (κ3) is 1.83. The van der Waals surface area contributed by atoms with E-state index in [9.17, 15) is 4.79 Å². The number of benzene rings is 1. The van der Waals surface area contributed by atoms with Crippen LogP contribution in [0.4, 0.5) is 5.82 Å². The van der Waals surface area contributed by atoms with E-state index in [0.717, 1.165) is 28.9 Å². The lowest BCUT2D eigenvalue weighted by Gasteiger charge is -2.19. The Balaban J connectivity index is 1.48. The summed E-state index contributed by atoms with van der Waals surface area (Å²) >= 11 is 0. The van der Waals surface area contributed by atoms with Crippen molar-refractivity contribution in [1.82, 2.24) is 4.98 Å². The number of nitrogens with zero attached hydrogens (tertiary/aromatic N) is 1. The van der Waals surface area contributed by atoms with E-state index in [1.165, 1.54) is 24.0 Å². The maximum Gasteiger partial charge on any atom is 0.225 e. The first kappa shape index (κ1) is 12.2. The molecule has 1 saturated carbocycles. The third-order valence-corrected chi connectivity index (χ3v) is 5.02. The highest BCUT2D eigenvalue weighted by molar-refractivity contribution is 5.93. The molecule has 0 bridgehead atoms. The molecule has 1 amide bonds. The van der Waals surface area contributed by atoms with Crippen LogP contribution in [0.3, 0.4) is 0 Å². The number of rotatable bonds is 2. The molecule has 1 aromatic heterocycles. The van der Waals surface area contributed by atoms with E-state index >= 15 is 0 Å². The van der Waals surface area contributed by atoms with Crippen LogP contribution in [0, 0.1) is 5.92 Å². The Bertz CT molecular complexity index is 800. The molecule has 3 aliphatic rings. The zero-order valence-electron chi connectivity index (χ0n) is 12.1. The van der Waals surface area contributed by atoms with Crippen molar-refractivity contribution in [2.24, 2.45) is 5.92 Å². The van der Waals surface area contributed by atoms with Crippen molar-refractivity contribution >= 4 is 11.7 Å². The fourth-order valence-corrected chi connectivity index (χ4v) is 3.78. The van der Waals surface area contributed by atoms with Crippen molar-refractivity contribution in [2.75, 3.05) is 5.32 Å². The van der Waals surface area contributed by atoms with Gasteiger partial charge >= 0.3 is 0 Å². The van der Waals surface area contributed by atoms with Gasteiger partial charge in [0.15, 0.2) is 0 Å². The molecule has 1 fully saturated rings. The van der Waals surface area contributed by atoms with Gasteiger partial charge in [-0.25, -0.2) is 4.98 Å². The van der Waals surface area contributed by atoms with Crippen LogP contribution in [0.2, 0.25) is 0 Å². The fourth-order valence-electron chi connectivity index (χ4n) is 3.78. The number of amides is 1. The van der Waals surface area contributed by atoms with E-state index in [0.29, 0.717) is 18.7 Å². The minimum atomic E-state index is 0.0226. The largest absolute Gasteiger partial charge is 0.457 e. The van der Waals surface area contributed by atoms with Crippen LogP contribution in [0.25, 0.3) is 0 Å². The van der Waals surface area contributed by atoms with Gasteiger partial charge in [0.2, 0.25) is 5.91 Å². The average molecular weight is 292 g/mol. The Morgan fingerprint density at radius 2 is 2.18 bits per heavy atom. The molecule has 1 aliphatic heterocycles. The van der Waals surface area contributed by atoms with E-state index in [-0.39, 0.29) is 5.91 Å². The zero-order chi connectivity index (χ0) is 14.7. The fraction of sp³-hybridized carbons (Fsp3) is 0.333. The monoisotopic (exact) mass is 292 g/mol.